The van der Waals surface area contributed by atoms with Crippen molar-refractivity contribution < 1.29 is 17.9 Å². The molecular formula is C16H18BrNO4S. The molecule has 0 fully saturated rings. The van der Waals surface area contributed by atoms with Crippen LogP contribution in [-0.4, -0.2) is 21.6 Å². The Morgan fingerprint density at radius 1 is 1.09 bits per heavy atom. The lowest BCUT2D eigenvalue weighted by Gasteiger charge is -2.16. The summed E-state index contributed by atoms with van der Waals surface area (Å²) in [6.07, 6.45) is -0.0685. The molecule has 0 aliphatic rings. The average Bonchev–Trinajstić information content (AvgIpc) is 2.48. The number of sulfonamides is 1. The molecule has 0 saturated heterocycles. The van der Waals surface area contributed by atoms with Crippen molar-refractivity contribution in [2.24, 2.45) is 0 Å². The van der Waals surface area contributed by atoms with E-state index in [1.54, 1.807) is 36.4 Å². The van der Waals surface area contributed by atoms with Gasteiger partial charge in [0.05, 0.1) is 18.9 Å². The van der Waals surface area contributed by atoms with Crippen molar-refractivity contribution in [3.63, 3.8) is 0 Å². The van der Waals surface area contributed by atoms with Crippen molar-refractivity contribution in [2.45, 2.75) is 24.8 Å². The Hall–Kier alpha value is -1.73. The van der Waals surface area contributed by atoms with Gasteiger partial charge in [-0.3, -0.25) is 4.72 Å². The third-order valence-electron chi connectivity index (χ3n) is 2.91. The highest BCUT2D eigenvalue weighted by atomic mass is 79.9. The number of ether oxygens (including phenoxy) is 2. The molecule has 0 bridgehead atoms. The highest BCUT2D eigenvalue weighted by Gasteiger charge is 2.21. The Balaban J connectivity index is 2.42. The van der Waals surface area contributed by atoms with Crippen LogP contribution in [0.1, 0.15) is 13.8 Å². The standard InChI is InChI=1S/C16H18BrNO4S/c1-11(2)22-14-7-5-4-6-13(14)18-23(19,20)16-10-12(17)8-9-15(16)21-3/h4-11,18H,1-3H3. The highest BCUT2D eigenvalue weighted by Crippen LogP contribution is 2.32. The zero-order chi connectivity index (χ0) is 17.0. The van der Waals surface area contributed by atoms with Gasteiger partial charge in [0.15, 0.2) is 0 Å². The maximum absolute atomic E-state index is 12.7. The van der Waals surface area contributed by atoms with Crippen LogP contribution in [0.15, 0.2) is 51.8 Å². The van der Waals surface area contributed by atoms with Crippen LogP contribution < -0.4 is 14.2 Å². The molecule has 0 saturated carbocycles. The number of halogens is 1. The minimum atomic E-state index is -3.82. The summed E-state index contributed by atoms with van der Waals surface area (Å²) in [6, 6.07) is 11.7. The van der Waals surface area contributed by atoms with Gasteiger partial charge < -0.3 is 9.47 Å². The van der Waals surface area contributed by atoms with Crippen molar-refractivity contribution in [1.82, 2.24) is 0 Å². The van der Waals surface area contributed by atoms with Gasteiger partial charge in [-0.25, -0.2) is 8.42 Å². The molecule has 0 aliphatic heterocycles. The van der Waals surface area contributed by atoms with Crippen LogP contribution in [0.5, 0.6) is 11.5 Å². The summed E-state index contributed by atoms with van der Waals surface area (Å²) in [5.41, 5.74) is 0.378. The molecular weight excluding hydrogens is 382 g/mol. The van der Waals surface area contributed by atoms with Gasteiger partial charge in [0.25, 0.3) is 10.0 Å². The van der Waals surface area contributed by atoms with E-state index in [4.69, 9.17) is 9.47 Å². The summed E-state index contributed by atoms with van der Waals surface area (Å²) in [6.45, 7) is 3.76. The fourth-order valence-electron chi connectivity index (χ4n) is 1.97. The SMILES string of the molecule is COc1ccc(Br)cc1S(=O)(=O)Nc1ccccc1OC(C)C. The van der Waals surface area contributed by atoms with E-state index in [2.05, 4.69) is 20.7 Å². The first-order valence-corrected chi connectivity index (χ1v) is 9.23. The fraction of sp³-hybridized carbons (Fsp3) is 0.250. The van der Waals surface area contributed by atoms with Gasteiger partial charge in [-0.15, -0.1) is 0 Å². The Morgan fingerprint density at radius 3 is 2.43 bits per heavy atom. The van der Waals surface area contributed by atoms with Gasteiger partial charge in [0, 0.05) is 4.47 Å². The molecule has 2 aromatic carbocycles. The third kappa shape index (κ3) is 4.39. The molecule has 124 valence electrons. The van der Waals surface area contributed by atoms with E-state index >= 15 is 0 Å². The lowest BCUT2D eigenvalue weighted by atomic mass is 10.3. The summed E-state index contributed by atoms with van der Waals surface area (Å²) in [5, 5.41) is 0. The molecule has 0 aromatic heterocycles. The van der Waals surface area contributed by atoms with E-state index < -0.39 is 10.0 Å². The van der Waals surface area contributed by atoms with Gasteiger partial charge >= 0.3 is 0 Å². The predicted molar refractivity (Wildman–Crippen MR) is 93.7 cm³/mol. The normalized spacial score (nSPS) is 11.3. The summed E-state index contributed by atoms with van der Waals surface area (Å²) in [4.78, 5) is 0.0497. The van der Waals surface area contributed by atoms with Crippen LogP contribution in [0.3, 0.4) is 0 Å². The molecule has 0 spiro atoms. The van der Waals surface area contributed by atoms with Crippen molar-refractivity contribution in [2.75, 3.05) is 11.8 Å². The Kier molecular flexibility index (Phi) is 5.54. The number of rotatable bonds is 6. The largest absolute Gasteiger partial charge is 0.495 e. The van der Waals surface area contributed by atoms with Crippen LogP contribution in [0.2, 0.25) is 0 Å². The number of nitrogens with one attached hydrogen (secondary N) is 1. The zero-order valence-electron chi connectivity index (χ0n) is 13.0. The maximum Gasteiger partial charge on any atom is 0.265 e. The second-order valence-corrected chi connectivity index (χ2v) is 7.63. The van der Waals surface area contributed by atoms with Gasteiger partial charge in [0.2, 0.25) is 0 Å². The molecule has 2 rings (SSSR count). The smallest absolute Gasteiger partial charge is 0.265 e. The average molecular weight is 400 g/mol. The lowest BCUT2D eigenvalue weighted by Crippen LogP contribution is -2.16. The predicted octanol–water partition coefficient (Wildman–Crippen LogP) is 4.05. The highest BCUT2D eigenvalue weighted by molar-refractivity contribution is 9.10. The Bertz CT molecular complexity index is 790. The summed E-state index contributed by atoms with van der Waals surface area (Å²) in [5.74, 6) is 0.739. The van der Waals surface area contributed by atoms with Gasteiger partial charge in [-0.2, -0.15) is 0 Å². The summed E-state index contributed by atoms with van der Waals surface area (Å²) in [7, 11) is -2.39. The molecule has 7 heteroatoms. The van der Waals surface area contributed by atoms with Crippen LogP contribution in [0.25, 0.3) is 0 Å². The topological polar surface area (TPSA) is 64.6 Å². The first kappa shape index (κ1) is 17.6. The molecule has 0 aliphatic carbocycles. The minimum Gasteiger partial charge on any atom is -0.495 e. The Labute approximate surface area is 144 Å². The number of anilines is 1. The van der Waals surface area contributed by atoms with Crippen molar-refractivity contribution >= 4 is 31.6 Å². The van der Waals surface area contributed by atoms with E-state index in [9.17, 15) is 8.42 Å². The summed E-state index contributed by atoms with van der Waals surface area (Å²) < 4.78 is 39.4. The number of hydrogen-bond donors (Lipinski definition) is 1. The second kappa shape index (κ2) is 7.23. The molecule has 0 atom stereocenters. The molecule has 0 amide bonds. The second-order valence-electron chi connectivity index (χ2n) is 5.06. The van der Waals surface area contributed by atoms with Crippen LogP contribution in [0.4, 0.5) is 5.69 Å². The number of para-hydroxylation sites is 2. The first-order valence-electron chi connectivity index (χ1n) is 6.95. The van der Waals surface area contributed by atoms with Gasteiger partial charge in [-0.1, -0.05) is 28.1 Å². The van der Waals surface area contributed by atoms with E-state index in [1.807, 2.05) is 13.8 Å². The minimum absolute atomic E-state index is 0.0497. The molecule has 1 N–H and O–H groups in total. The zero-order valence-corrected chi connectivity index (χ0v) is 15.4. The molecule has 2 aromatic rings. The molecule has 23 heavy (non-hydrogen) atoms. The van der Waals surface area contributed by atoms with Crippen molar-refractivity contribution in [3.8, 4) is 11.5 Å². The van der Waals surface area contributed by atoms with Crippen molar-refractivity contribution in [1.29, 1.82) is 0 Å². The van der Waals surface area contributed by atoms with E-state index in [0.717, 1.165) is 0 Å². The number of methoxy groups -OCH3 is 1. The quantitative estimate of drug-likeness (QED) is 0.795. The van der Waals surface area contributed by atoms with Crippen LogP contribution in [0, 0.1) is 0 Å². The summed E-state index contributed by atoms with van der Waals surface area (Å²) >= 11 is 3.28. The van der Waals surface area contributed by atoms with Crippen molar-refractivity contribution in [3.05, 3.63) is 46.9 Å². The van der Waals surface area contributed by atoms with E-state index in [0.29, 0.717) is 15.9 Å². The third-order valence-corrected chi connectivity index (χ3v) is 4.79. The monoisotopic (exact) mass is 399 g/mol. The molecule has 0 heterocycles. The van der Waals surface area contributed by atoms with E-state index in [-0.39, 0.29) is 16.7 Å². The van der Waals surface area contributed by atoms with Gasteiger partial charge in [-0.05, 0) is 44.2 Å². The molecule has 0 unspecified atom stereocenters. The van der Waals surface area contributed by atoms with Crippen LogP contribution in [-0.2, 0) is 10.0 Å². The number of hydrogen-bond acceptors (Lipinski definition) is 4. The first-order chi connectivity index (χ1) is 10.8. The Morgan fingerprint density at radius 2 is 1.78 bits per heavy atom. The fourth-order valence-corrected chi connectivity index (χ4v) is 3.75. The molecule has 0 radical (unpaired) electrons. The number of benzene rings is 2. The maximum atomic E-state index is 12.7. The van der Waals surface area contributed by atoms with E-state index in [1.165, 1.54) is 13.2 Å². The van der Waals surface area contributed by atoms with Crippen LogP contribution >= 0.6 is 15.9 Å². The molecule has 5 nitrogen and oxygen atoms in total. The van der Waals surface area contributed by atoms with Gasteiger partial charge in [0.1, 0.15) is 16.4 Å². The lowest BCUT2D eigenvalue weighted by molar-refractivity contribution is 0.244.